The van der Waals surface area contributed by atoms with Crippen molar-refractivity contribution >= 4 is 23.1 Å². The number of carbonyl (C=O) groups is 1. The Morgan fingerprint density at radius 1 is 1.56 bits per heavy atom. The Kier molecular flexibility index (Phi) is 4.68. The molecule has 1 rings (SSSR count). The zero-order valence-corrected chi connectivity index (χ0v) is 11.0. The van der Waals surface area contributed by atoms with E-state index >= 15 is 0 Å². The first kappa shape index (κ1) is 13.4. The Morgan fingerprint density at radius 3 is 2.56 bits per heavy atom. The minimum atomic E-state index is -0.134. The first-order valence-corrected chi connectivity index (χ1v) is 6.13. The topological polar surface area (TPSA) is 58.4 Å². The number of nitrogens with one attached hydrogen (secondary N) is 1. The van der Waals surface area contributed by atoms with Crippen LogP contribution in [0.25, 0.3) is 0 Å². The highest BCUT2D eigenvalue weighted by Gasteiger charge is 2.28. The van der Waals surface area contributed by atoms with Gasteiger partial charge in [0, 0.05) is 18.5 Å². The fraction of sp³-hybridized carbons (Fsp3) is 0.818. The highest BCUT2D eigenvalue weighted by atomic mass is 32.1. The van der Waals surface area contributed by atoms with E-state index in [0.717, 1.165) is 12.8 Å². The molecule has 0 aromatic heterocycles. The fourth-order valence-corrected chi connectivity index (χ4v) is 1.79. The lowest BCUT2D eigenvalue weighted by Gasteiger charge is -2.29. The number of carbonyl (C=O) groups excluding carboxylic acids is 1. The van der Waals surface area contributed by atoms with Crippen molar-refractivity contribution in [2.75, 3.05) is 7.05 Å². The van der Waals surface area contributed by atoms with Gasteiger partial charge in [0.2, 0.25) is 5.91 Å². The summed E-state index contributed by atoms with van der Waals surface area (Å²) >= 11 is 4.87. The molecule has 1 aliphatic rings. The smallest absolute Gasteiger partial charge is 0.237 e. The van der Waals surface area contributed by atoms with Gasteiger partial charge in [-0.25, -0.2) is 0 Å². The Labute approximate surface area is 103 Å². The fourth-order valence-electron chi connectivity index (χ4n) is 1.55. The first-order valence-electron chi connectivity index (χ1n) is 5.72. The van der Waals surface area contributed by atoms with Crippen molar-refractivity contribution in [3.8, 4) is 0 Å². The predicted molar refractivity (Wildman–Crippen MR) is 69.3 cm³/mol. The van der Waals surface area contributed by atoms with E-state index in [0.29, 0.717) is 17.5 Å². The Hall–Kier alpha value is -0.680. The van der Waals surface area contributed by atoms with Crippen LogP contribution < -0.4 is 11.1 Å². The molecule has 1 amide bonds. The van der Waals surface area contributed by atoms with Crippen LogP contribution in [0.3, 0.4) is 0 Å². The van der Waals surface area contributed by atoms with Gasteiger partial charge in [-0.3, -0.25) is 9.69 Å². The van der Waals surface area contributed by atoms with Crippen LogP contribution in [0, 0.1) is 0 Å². The molecule has 0 aromatic carbocycles. The second-order valence-electron chi connectivity index (χ2n) is 4.64. The van der Waals surface area contributed by atoms with Crippen molar-refractivity contribution in [2.45, 2.75) is 51.2 Å². The molecular weight excluding hydrogens is 222 g/mol. The maximum absolute atomic E-state index is 11.8. The molecule has 3 N–H and O–H groups in total. The number of nitrogens with zero attached hydrogens (tertiary/aromatic N) is 1. The van der Waals surface area contributed by atoms with Crippen LogP contribution in [-0.2, 0) is 4.79 Å². The average Bonchev–Trinajstić information content (AvgIpc) is 2.98. The summed E-state index contributed by atoms with van der Waals surface area (Å²) in [6, 6.07) is 0.469. The van der Waals surface area contributed by atoms with E-state index < -0.39 is 0 Å². The molecule has 0 aliphatic heterocycles. The van der Waals surface area contributed by atoms with Crippen molar-refractivity contribution in [2.24, 2.45) is 5.73 Å². The van der Waals surface area contributed by atoms with Gasteiger partial charge in [-0.05, 0) is 33.7 Å². The molecule has 2 unspecified atom stereocenters. The molecule has 92 valence electrons. The van der Waals surface area contributed by atoms with Crippen LogP contribution in [0.5, 0.6) is 0 Å². The second-order valence-corrected chi connectivity index (χ2v) is 5.17. The lowest BCUT2D eigenvalue weighted by atomic mass is 10.1. The third-order valence-corrected chi connectivity index (χ3v) is 3.27. The Morgan fingerprint density at radius 2 is 2.12 bits per heavy atom. The summed E-state index contributed by atoms with van der Waals surface area (Å²) in [7, 11) is 1.93. The number of thiocarbonyl (C=S) groups is 1. The lowest BCUT2D eigenvalue weighted by molar-refractivity contribution is -0.126. The van der Waals surface area contributed by atoms with Crippen molar-refractivity contribution in [1.29, 1.82) is 0 Å². The van der Waals surface area contributed by atoms with Gasteiger partial charge in [0.1, 0.15) is 0 Å². The van der Waals surface area contributed by atoms with Gasteiger partial charge in [0.05, 0.1) is 11.0 Å². The first-order chi connectivity index (χ1) is 7.41. The third-order valence-electron chi connectivity index (χ3n) is 3.11. The summed E-state index contributed by atoms with van der Waals surface area (Å²) in [4.78, 5) is 14.3. The molecule has 1 aliphatic carbocycles. The average molecular weight is 243 g/mol. The molecule has 0 radical (unpaired) electrons. The summed E-state index contributed by atoms with van der Waals surface area (Å²) in [5.41, 5.74) is 5.50. The standard InChI is InChI=1S/C11H21N3OS/c1-7(6-10(12)16)14(3)8(2)11(15)13-9-4-5-9/h7-9H,4-6H2,1-3H3,(H2,12,16)(H,13,15). The molecule has 16 heavy (non-hydrogen) atoms. The van der Waals surface area contributed by atoms with Crippen LogP contribution in [-0.4, -0.2) is 41.0 Å². The molecule has 4 nitrogen and oxygen atoms in total. The molecule has 1 fully saturated rings. The van der Waals surface area contributed by atoms with E-state index in [1.807, 2.05) is 25.8 Å². The highest BCUT2D eigenvalue weighted by Crippen LogP contribution is 2.19. The second kappa shape index (κ2) is 5.59. The molecule has 2 atom stereocenters. The van der Waals surface area contributed by atoms with E-state index in [9.17, 15) is 4.79 Å². The third kappa shape index (κ3) is 4.06. The molecular formula is C11H21N3OS. The summed E-state index contributed by atoms with van der Waals surface area (Å²) in [6.45, 7) is 3.94. The van der Waals surface area contributed by atoms with Crippen LogP contribution >= 0.6 is 12.2 Å². The van der Waals surface area contributed by atoms with Gasteiger partial charge in [0.25, 0.3) is 0 Å². The number of rotatable bonds is 6. The van der Waals surface area contributed by atoms with Gasteiger partial charge in [-0.2, -0.15) is 0 Å². The minimum absolute atomic E-state index is 0.0970. The van der Waals surface area contributed by atoms with Gasteiger partial charge in [-0.15, -0.1) is 0 Å². The number of hydrogen-bond acceptors (Lipinski definition) is 3. The SMILES string of the molecule is CC(CC(N)=S)N(C)C(C)C(=O)NC1CC1. The van der Waals surface area contributed by atoms with E-state index in [1.54, 1.807) is 0 Å². The van der Waals surface area contributed by atoms with E-state index in [2.05, 4.69) is 5.32 Å². The zero-order valence-electron chi connectivity index (χ0n) is 10.2. The van der Waals surface area contributed by atoms with Gasteiger partial charge >= 0.3 is 0 Å². The van der Waals surface area contributed by atoms with Crippen molar-refractivity contribution in [1.82, 2.24) is 10.2 Å². The summed E-state index contributed by atoms with van der Waals surface area (Å²) in [5, 5.41) is 3.00. The molecule has 5 heteroatoms. The van der Waals surface area contributed by atoms with Crippen molar-refractivity contribution in [3.05, 3.63) is 0 Å². The van der Waals surface area contributed by atoms with Crippen molar-refractivity contribution in [3.63, 3.8) is 0 Å². The van der Waals surface area contributed by atoms with Gasteiger partial charge in [0.15, 0.2) is 0 Å². The van der Waals surface area contributed by atoms with E-state index in [4.69, 9.17) is 18.0 Å². The zero-order chi connectivity index (χ0) is 12.3. The Bertz CT molecular complexity index is 278. The number of likely N-dealkylation sites (N-methyl/N-ethyl adjacent to an activating group) is 1. The van der Waals surface area contributed by atoms with Gasteiger partial charge < -0.3 is 11.1 Å². The van der Waals surface area contributed by atoms with Gasteiger partial charge in [-0.1, -0.05) is 12.2 Å². The molecule has 1 saturated carbocycles. The summed E-state index contributed by atoms with van der Waals surface area (Å²) < 4.78 is 0. The largest absolute Gasteiger partial charge is 0.393 e. The minimum Gasteiger partial charge on any atom is -0.393 e. The highest BCUT2D eigenvalue weighted by molar-refractivity contribution is 7.80. The molecule has 0 heterocycles. The number of nitrogens with two attached hydrogens (primary N) is 1. The predicted octanol–water partition coefficient (Wildman–Crippen LogP) is 0.650. The maximum atomic E-state index is 11.8. The van der Waals surface area contributed by atoms with Crippen LogP contribution in [0.1, 0.15) is 33.1 Å². The number of hydrogen-bond donors (Lipinski definition) is 2. The number of amides is 1. The van der Waals surface area contributed by atoms with Crippen LogP contribution in [0.15, 0.2) is 0 Å². The molecule has 0 aromatic rings. The van der Waals surface area contributed by atoms with Crippen LogP contribution in [0.4, 0.5) is 0 Å². The Balaban J connectivity index is 2.40. The normalized spacial score (nSPS) is 19.2. The maximum Gasteiger partial charge on any atom is 0.237 e. The lowest BCUT2D eigenvalue weighted by Crippen LogP contribution is -2.48. The van der Waals surface area contributed by atoms with E-state index in [1.165, 1.54) is 0 Å². The van der Waals surface area contributed by atoms with Crippen LogP contribution in [0.2, 0.25) is 0 Å². The summed E-state index contributed by atoms with van der Waals surface area (Å²) in [5.74, 6) is 0.0970. The van der Waals surface area contributed by atoms with E-state index in [-0.39, 0.29) is 18.0 Å². The summed E-state index contributed by atoms with van der Waals surface area (Å²) in [6.07, 6.45) is 2.88. The molecule has 0 spiro atoms. The quantitative estimate of drug-likeness (QED) is 0.673. The molecule has 0 saturated heterocycles. The monoisotopic (exact) mass is 243 g/mol. The van der Waals surface area contributed by atoms with Crippen molar-refractivity contribution < 1.29 is 4.79 Å². The molecule has 0 bridgehead atoms.